The molecule has 4 aromatic rings. The molecule has 0 saturated heterocycles. The first-order chi connectivity index (χ1) is 13.7. The molecule has 0 aliphatic rings. The number of hydrogen-bond donors (Lipinski definition) is 0. The van der Waals surface area contributed by atoms with Gasteiger partial charge in [0.2, 0.25) is 0 Å². The SMILES string of the molecule is Clc1ccc(C[PH](c2ccccc2)(c2ccccc2)c2ccccc2)c(Cl)c1. The Kier molecular flexibility index (Phi) is 5.83. The van der Waals surface area contributed by atoms with Gasteiger partial charge < -0.3 is 0 Å². The van der Waals surface area contributed by atoms with Gasteiger partial charge in [-0.1, -0.05) is 0 Å². The van der Waals surface area contributed by atoms with Crippen LogP contribution in [0.4, 0.5) is 0 Å². The van der Waals surface area contributed by atoms with E-state index in [4.69, 9.17) is 23.2 Å². The van der Waals surface area contributed by atoms with Crippen LogP contribution in [-0.4, -0.2) is 0 Å². The Balaban J connectivity index is 2.01. The number of benzene rings is 4. The summed E-state index contributed by atoms with van der Waals surface area (Å²) in [5, 5.41) is 5.52. The Labute approximate surface area is 177 Å². The van der Waals surface area contributed by atoms with Crippen LogP contribution in [0.25, 0.3) is 0 Å². The third-order valence-electron chi connectivity index (χ3n) is 5.27. The monoisotopic (exact) mass is 422 g/mol. The van der Waals surface area contributed by atoms with Crippen LogP contribution in [0.1, 0.15) is 5.56 Å². The van der Waals surface area contributed by atoms with Gasteiger partial charge in [0, 0.05) is 0 Å². The molecule has 4 rings (SSSR count). The first-order valence-electron chi connectivity index (χ1n) is 9.31. The fraction of sp³-hybridized carbons (Fsp3) is 0.0400. The van der Waals surface area contributed by atoms with E-state index in [9.17, 15) is 0 Å². The van der Waals surface area contributed by atoms with Crippen molar-refractivity contribution in [3.63, 3.8) is 0 Å². The van der Waals surface area contributed by atoms with E-state index >= 15 is 0 Å². The molecular formula is C25H21Cl2P. The molecule has 0 saturated carbocycles. The molecule has 3 heteroatoms. The van der Waals surface area contributed by atoms with Crippen LogP contribution in [0.2, 0.25) is 10.0 Å². The maximum absolute atomic E-state index is 6.64. The second-order valence-electron chi connectivity index (χ2n) is 6.92. The third kappa shape index (κ3) is 3.74. The summed E-state index contributed by atoms with van der Waals surface area (Å²) in [4.78, 5) is 0. The van der Waals surface area contributed by atoms with Gasteiger partial charge in [0.25, 0.3) is 0 Å². The van der Waals surface area contributed by atoms with E-state index in [-0.39, 0.29) is 0 Å². The number of halogens is 2. The molecule has 0 heterocycles. The first kappa shape index (κ1) is 19.2. The van der Waals surface area contributed by atoms with Crippen molar-refractivity contribution in [2.45, 2.75) is 6.16 Å². The van der Waals surface area contributed by atoms with Gasteiger partial charge in [-0.2, -0.15) is 0 Å². The van der Waals surface area contributed by atoms with Crippen molar-refractivity contribution in [1.29, 1.82) is 0 Å². The predicted molar refractivity (Wildman–Crippen MR) is 127 cm³/mol. The Morgan fingerprint density at radius 2 is 0.964 bits per heavy atom. The van der Waals surface area contributed by atoms with Crippen LogP contribution < -0.4 is 15.9 Å². The number of rotatable bonds is 5. The van der Waals surface area contributed by atoms with E-state index in [1.165, 1.54) is 15.9 Å². The molecule has 0 aliphatic carbocycles. The molecule has 0 aliphatic heterocycles. The molecule has 0 amide bonds. The zero-order valence-electron chi connectivity index (χ0n) is 15.4. The summed E-state index contributed by atoms with van der Waals surface area (Å²) in [7, 11) is -2.34. The fourth-order valence-electron chi connectivity index (χ4n) is 3.92. The van der Waals surface area contributed by atoms with E-state index in [0.29, 0.717) is 5.02 Å². The molecule has 0 N–H and O–H groups in total. The summed E-state index contributed by atoms with van der Waals surface area (Å²) < 4.78 is 0. The van der Waals surface area contributed by atoms with Crippen molar-refractivity contribution in [2.24, 2.45) is 0 Å². The molecule has 0 unspecified atom stereocenters. The minimum absolute atomic E-state index is 0.667. The van der Waals surface area contributed by atoms with E-state index in [1.54, 1.807) is 0 Å². The van der Waals surface area contributed by atoms with Crippen molar-refractivity contribution >= 4 is 46.4 Å². The minimum atomic E-state index is -2.34. The Morgan fingerprint density at radius 1 is 0.536 bits per heavy atom. The van der Waals surface area contributed by atoms with E-state index in [1.807, 2.05) is 12.1 Å². The second kappa shape index (κ2) is 8.50. The van der Waals surface area contributed by atoms with Crippen molar-refractivity contribution in [3.05, 3.63) is 125 Å². The van der Waals surface area contributed by atoms with E-state index in [2.05, 4.69) is 97.1 Å². The zero-order chi connectivity index (χ0) is 19.4. The van der Waals surface area contributed by atoms with Crippen LogP contribution in [-0.2, 0) is 6.16 Å². The maximum atomic E-state index is 6.64. The molecule has 0 atom stereocenters. The second-order valence-corrected chi connectivity index (χ2v) is 11.7. The van der Waals surface area contributed by atoms with Crippen LogP contribution >= 0.6 is 30.5 Å². The molecule has 0 bridgehead atoms. The molecule has 0 fully saturated rings. The van der Waals surface area contributed by atoms with Gasteiger partial charge in [-0.05, 0) is 0 Å². The summed E-state index contributed by atoms with van der Waals surface area (Å²) in [6, 6.07) is 38.4. The third-order valence-corrected chi connectivity index (χ3v) is 10.7. The van der Waals surface area contributed by atoms with Gasteiger partial charge in [0.1, 0.15) is 0 Å². The molecule has 4 aromatic carbocycles. The quantitative estimate of drug-likeness (QED) is 0.335. The molecule has 140 valence electrons. The summed E-state index contributed by atoms with van der Waals surface area (Å²) in [6.45, 7) is 0. The van der Waals surface area contributed by atoms with E-state index in [0.717, 1.165) is 16.7 Å². The Morgan fingerprint density at radius 3 is 1.36 bits per heavy atom. The Hall–Kier alpha value is -2.11. The van der Waals surface area contributed by atoms with E-state index < -0.39 is 7.26 Å². The van der Waals surface area contributed by atoms with Crippen LogP contribution in [0.5, 0.6) is 0 Å². The molecule has 0 nitrogen and oxygen atoms in total. The molecule has 0 aromatic heterocycles. The van der Waals surface area contributed by atoms with Crippen LogP contribution in [0.15, 0.2) is 109 Å². The zero-order valence-corrected chi connectivity index (χ0v) is 17.9. The van der Waals surface area contributed by atoms with Crippen LogP contribution in [0, 0.1) is 0 Å². The van der Waals surface area contributed by atoms with Crippen molar-refractivity contribution in [1.82, 2.24) is 0 Å². The fourth-order valence-corrected chi connectivity index (χ4v) is 9.29. The summed E-state index contributed by atoms with van der Waals surface area (Å²) >= 11 is 12.8. The van der Waals surface area contributed by atoms with Gasteiger partial charge in [-0.15, -0.1) is 0 Å². The molecular weight excluding hydrogens is 402 g/mol. The van der Waals surface area contributed by atoms with Gasteiger partial charge in [0.05, 0.1) is 0 Å². The van der Waals surface area contributed by atoms with Crippen molar-refractivity contribution in [2.75, 3.05) is 0 Å². The summed E-state index contributed by atoms with van der Waals surface area (Å²) in [6.07, 6.45) is 0.876. The summed E-state index contributed by atoms with van der Waals surface area (Å²) in [5.41, 5.74) is 1.13. The van der Waals surface area contributed by atoms with Gasteiger partial charge >= 0.3 is 177 Å². The molecule has 0 radical (unpaired) electrons. The van der Waals surface area contributed by atoms with Gasteiger partial charge in [-0.3, -0.25) is 0 Å². The van der Waals surface area contributed by atoms with Crippen molar-refractivity contribution in [3.8, 4) is 0 Å². The van der Waals surface area contributed by atoms with Crippen molar-refractivity contribution < 1.29 is 0 Å². The molecule has 0 spiro atoms. The van der Waals surface area contributed by atoms with Crippen LogP contribution in [0.3, 0.4) is 0 Å². The van der Waals surface area contributed by atoms with Gasteiger partial charge in [-0.25, -0.2) is 0 Å². The Bertz CT molecular complexity index is 951. The standard InChI is InChI=1S/C25H21Cl2P/c26-21-17-16-20(25(27)18-21)19-28(22-10-4-1-5-11-22,23-12-6-2-7-13-23)24-14-8-3-9-15-24/h1-18,28H,19H2. The number of hydrogen-bond acceptors (Lipinski definition) is 0. The molecule has 28 heavy (non-hydrogen) atoms. The topological polar surface area (TPSA) is 0 Å². The predicted octanol–water partition coefficient (Wildman–Crippen LogP) is 6.22. The average molecular weight is 423 g/mol. The normalized spacial score (nSPS) is 11.9. The average Bonchev–Trinajstić information content (AvgIpc) is 2.75. The summed E-state index contributed by atoms with van der Waals surface area (Å²) in [5.74, 6) is 0. The van der Waals surface area contributed by atoms with Gasteiger partial charge in [0.15, 0.2) is 0 Å². The first-order valence-corrected chi connectivity index (χ1v) is 12.3.